The third-order valence-electron chi connectivity index (χ3n) is 5.01. The Morgan fingerprint density at radius 2 is 2.19 bits per heavy atom. The van der Waals surface area contributed by atoms with Gasteiger partial charge in [0, 0.05) is 18.8 Å². The SMILES string of the molecule is Cc1cc(C)n(CCCNC[C@H](O)CO[C@@H]2CCCc3ccccc32)n1. The first-order chi connectivity index (χ1) is 12.6. The Balaban J connectivity index is 1.32. The highest BCUT2D eigenvalue weighted by atomic mass is 16.5. The fourth-order valence-corrected chi connectivity index (χ4v) is 3.69. The number of rotatable bonds is 9. The molecule has 0 bridgehead atoms. The Kier molecular flexibility index (Phi) is 6.83. The number of aliphatic hydroxyl groups excluding tert-OH is 1. The number of ether oxygens (including phenoxy) is 1. The first kappa shape index (κ1) is 19.1. The highest BCUT2D eigenvalue weighted by molar-refractivity contribution is 5.31. The van der Waals surface area contributed by atoms with Crippen LogP contribution in [-0.2, 0) is 17.7 Å². The predicted molar refractivity (Wildman–Crippen MR) is 103 cm³/mol. The maximum atomic E-state index is 10.2. The van der Waals surface area contributed by atoms with Crippen LogP contribution in [0, 0.1) is 13.8 Å². The summed E-state index contributed by atoms with van der Waals surface area (Å²) in [5.41, 5.74) is 4.94. The van der Waals surface area contributed by atoms with Crippen LogP contribution in [0.5, 0.6) is 0 Å². The topological polar surface area (TPSA) is 59.3 Å². The normalized spacial score (nSPS) is 17.9. The Labute approximate surface area is 156 Å². The second kappa shape index (κ2) is 9.31. The van der Waals surface area contributed by atoms with Gasteiger partial charge in [-0.2, -0.15) is 5.10 Å². The summed E-state index contributed by atoms with van der Waals surface area (Å²) in [6.07, 6.45) is 3.97. The zero-order chi connectivity index (χ0) is 18.4. The van der Waals surface area contributed by atoms with Gasteiger partial charge in [-0.3, -0.25) is 4.68 Å². The van der Waals surface area contributed by atoms with Crippen LogP contribution in [0.25, 0.3) is 0 Å². The summed E-state index contributed by atoms with van der Waals surface area (Å²) in [5, 5.41) is 18.0. The molecule has 5 nitrogen and oxygen atoms in total. The van der Waals surface area contributed by atoms with E-state index in [9.17, 15) is 5.11 Å². The maximum absolute atomic E-state index is 10.2. The van der Waals surface area contributed by atoms with E-state index < -0.39 is 6.10 Å². The van der Waals surface area contributed by atoms with Crippen molar-refractivity contribution in [2.45, 2.75) is 58.3 Å². The average molecular weight is 357 g/mol. The first-order valence-corrected chi connectivity index (χ1v) is 9.72. The van der Waals surface area contributed by atoms with E-state index >= 15 is 0 Å². The summed E-state index contributed by atoms with van der Waals surface area (Å²) in [5.74, 6) is 0. The molecule has 2 atom stereocenters. The van der Waals surface area contributed by atoms with Gasteiger partial charge in [-0.05, 0) is 63.3 Å². The number of fused-ring (bicyclic) bond motifs is 1. The van der Waals surface area contributed by atoms with Crippen molar-refractivity contribution in [2.24, 2.45) is 0 Å². The minimum Gasteiger partial charge on any atom is -0.389 e. The zero-order valence-corrected chi connectivity index (χ0v) is 15.9. The van der Waals surface area contributed by atoms with Crippen molar-refractivity contribution in [3.63, 3.8) is 0 Å². The van der Waals surface area contributed by atoms with Crippen LogP contribution in [0.4, 0.5) is 0 Å². The Hall–Kier alpha value is -1.69. The van der Waals surface area contributed by atoms with Gasteiger partial charge in [0.25, 0.3) is 0 Å². The monoisotopic (exact) mass is 357 g/mol. The van der Waals surface area contributed by atoms with Gasteiger partial charge in [-0.15, -0.1) is 0 Å². The molecule has 1 heterocycles. The average Bonchev–Trinajstić information content (AvgIpc) is 2.97. The van der Waals surface area contributed by atoms with E-state index in [4.69, 9.17) is 4.74 Å². The summed E-state index contributed by atoms with van der Waals surface area (Å²) in [6, 6.07) is 10.6. The molecule has 1 aromatic heterocycles. The molecule has 0 fully saturated rings. The molecule has 2 aromatic rings. The van der Waals surface area contributed by atoms with Crippen LogP contribution in [-0.4, -0.2) is 40.7 Å². The highest BCUT2D eigenvalue weighted by Crippen LogP contribution is 2.32. The highest BCUT2D eigenvalue weighted by Gasteiger charge is 2.21. The molecule has 142 valence electrons. The number of nitrogens with one attached hydrogen (secondary N) is 1. The van der Waals surface area contributed by atoms with Gasteiger partial charge in [0.05, 0.1) is 24.5 Å². The van der Waals surface area contributed by atoms with Crippen LogP contribution in [0.1, 0.15) is 47.9 Å². The lowest BCUT2D eigenvalue weighted by Gasteiger charge is -2.26. The maximum Gasteiger partial charge on any atom is 0.0897 e. The number of benzene rings is 1. The van der Waals surface area contributed by atoms with E-state index in [2.05, 4.69) is 47.7 Å². The van der Waals surface area contributed by atoms with E-state index in [1.807, 2.05) is 11.6 Å². The molecule has 1 aromatic carbocycles. The predicted octanol–water partition coefficient (Wildman–Crippen LogP) is 2.93. The van der Waals surface area contributed by atoms with Crippen molar-refractivity contribution >= 4 is 0 Å². The summed E-state index contributed by atoms with van der Waals surface area (Å²) in [6.45, 7) is 6.80. The van der Waals surface area contributed by atoms with Gasteiger partial charge in [0.15, 0.2) is 0 Å². The number of aliphatic hydroxyl groups is 1. The number of hydrogen-bond donors (Lipinski definition) is 2. The molecule has 0 amide bonds. The number of aryl methyl sites for hydroxylation is 4. The Morgan fingerprint density at radius 3 is 3.00 bits per heavy atom. The molecule has 1 aliphatic rings. The molecule has 2 N–H and O–H groups in total. The molecule has 0 saturated carbocycles. The van der Waals surface area contributed by atoms with Crippen molar-refractivity contribution in [1.29, 1.82) is 0 Å². The molecule has 0 aliphatic heterocycles. The van der Waals surface area contributed by atoms with Crippen molar-refractivity contribution in [3.8, 4) is 0 Å². The summed E-state index contributed by atoms with van der Waals surface area (Å²) < 4.78 is 8.05. The van der Waals surface area contributed by atoms with Crippen molar-refractivity contribution in [1.82, 2.24) is 15.1 Å². The molecule has 0 saturated heterocycles. The fraction of sp³-hybridized carbons (Fsp3) is 0.571. The van der Waals surface area contributed by atoms with Gasteiger partial charge < -0.3 is 15.2 Å². The van der Waals surface area contributed by atoms with Gasteiger partial charge >= 0.3 is 0 Å². The van der Waals surface area contributed by atoms with Gasteiger partial charge in [-0.25, -0.2) is 0 Å². The van der Waals surface area contributed by atoms with Crippen LogP contribution in [0.3, 0.4) is 0 Å². The molecule has 26 heavy (non-hydrogen) atoms. The molecule has 0 radical (unpaired) electrons. The molecule has 3 rings (SSSR count). The molecule has 1 aliphatic carbocycles. The van der Waals surface area contributed by atoms with Gasteiger partial charge in [0.1, 0.15) is 0 Å². The number of nitrogens with zero attached hydrogens (tertiary/aromatic N) is 2. The van der Waals surface area contributed by atoms with Crippen LogP contribution in [0.2, 0.25) is 0 Å². The van der Waals surface area contributed by atoms with E-state index in [0.29, 0.717) is 13.2 Å². The smallest absolute Gasteiger partial charge is 0.0897 e. The second-order valence-electron chi connectivity index (χ2n) is 7.27. The molecule has 0 unspecified atom stereocenters. The minimum absolute atomic E-state index is 0.126. The number of hydrogen-bond acceptors (Lipinski definition) is 4. The van der Waals surface area contributed by atoms with Gasteiger partial charge in [0.2, 0.25) is 0 Å². The quantitative estimate of drug-likeness (QED) is 0.678. The van der Waals surface area contributed by atoms with Gasteiger partial charge in [-0.1, -0.05) is 24.3 Å². The molecule has 5 heteroatoms. The van der Waals surface area contributed by atoms with E-state index in [1.54, 1.807) is 0 Å². The summed E-state index contributed by atoms with van der Waals surface area (Å²) >= 11 is 0. The Bertz CT molecular complexity index is 698. The largest absolute Gasteiger partial charge is 0.389 e. The third kappa shape index (κ3) is 5.16. The lowest BCUT2D eigenvalue weighted by atomic mass is 9.89. The van der Waals surface area contributed by atoms with Crippen molar-refractivity contribution in [3.05, 3.63) is 52.8 Å². The lowest BCUT2D eigenvalue weighted by molar-refractivity contribution is -0.0166. The third-order valence-corrected chi connectivity index (χ3v) is 5.01. The molecule has 0 spiro atoms. The second-order valence-corrected chi connectivity index (χ2v) is 7.27. The van der Waals surface area contributed by atoms with E-state index in [-0.39, 0.29) is 6.10 Å². The van der Waals surface area contributed by atoms with Crippen LogP contribution < -0.4 is 5.32 Å². The summed E-state index contributed by atoms with van der Waals surface area (Å²) in [7, 11) is 0. The fourth-order valence-electron chi connectivity index (χ4n) is 3.69. The Morgan fingerprint density at radius 1 is 1.35 bits per heavy atom. The minimum atomic E-state index is -0.474. The number of aromatic nitrogens is 2. The molecular formula is C21H31N3O2. The molecular weight excluding hydrogens is 326 g/mol. The van der Waals surface area contributed by atoms with E-state index in [1.165, 1.54) is 16.8 Å². The van der Waals surface area contributed by atoms with Crippen molar-refractivity contribution < 1.29 is 9.84 Å². The standard InChI is InChI=1S/C21H31N3O2/c1-16-13-17(2)24(23-16)12-6-11-22-14-19(25)15-26-21-10-5-8-18-7-3-4-9-20(18)21/h3-4,7,9,13,19,21-22,25H,5-6,8,10-12,14-15H2,1-2H3/t19-,21+/m0/s1. The first-order valence-electron chi connectivity index (χ1n) is 9.72. The summed E-state index contributed by atoms with van der Waals surface area (Å²) in [4.78, 5) is 0. The zero-order valence-electron chi connectivity index (χ0n) is 15.9. The lowest BCUT2D eigenvalue weighted by Crippen LogP contribution is -2.32. The van der Waals surface area contributed by atoms with Crippen LogP contribution in [0.15, 0.2) is 30.3 Å². The van der Waals surface area contributed by atoms with Crippen molar-refractivity contribution in [2.75, 3.05) is 19.7 Å². The van der Waals surface area contributed by atoms with E-state index in [0.717, 1.165) is 44.5 Å². The van der Waals surface area contributed by atoms with Crippen LogP contribution >= 0.6 is 0 Å².